The Morgan fingerprint density at radius 3 is 2.64 bits per heavy atom. The van der Waals surface area contributed by atoms with Crippen LogP contribution in [0.1, 0.15) is 15.9 Å². The van der Waals surface area contributed by atoms with Crippen LogP contribution in [-0.4, -0.2) is 17.5 Å². The Balaban J connectivity index is 3.03. The molecule has 1 rings (SSSR count). The lowest BCUT2D eigenvalue weighted by atomic mass is 10.1. The van der Waals surface area contributed by atoms with Gasteiger partial charge in [-0.3, -0.25) is 4.79 Å². The standard InChI is InChI=1S/C9H10O2/c1-7-4-2-3-5-8(7)9(11)6-10/h2-5,10H,6H2,1H3. The molecule has 0 fully saturated rings. The number of aliphatic hydroxyl groups excluding tert-OH is 1. The molecule has 2 heteroatoms. The Bertz CT molecular complexity index is 266. The topological polar surface area (TPSA) is 37.3 Å². The molecule has 0 aliphatic heterocycles. The summed E-state index contributed by atoms with van der Waals surface area (Å²) in [5.74, 6) is -0.219. The lowest BCUT2D eigenvalue weighted by Crippen LogP contribution is -2.05. The normalized spacial score (nSPS) is 9.64. The highest BCUT2D eigenvalue weighted by Gasteiger charge is 2.04. The molecule has 0 amide bonds. The first kappa shape index (κ1) is 7.95. The van der Waals surface area contributed by atoms with Crippen LogP contribution >= 0.6 is 0 Å². The molecular formula is C9H10O2. The van der Waals surface area contributed by atoms with Gasteiger partial charge < -0.3 is 5.11 Å². The van der Waals surface area contributed by atoms with E-state index in [9.17, 15) is 4.79 Å². The van der Waals surface area contributed by atoms with Gasteiger partial charge >= 0.3 is 0 Å². The van der Waals surface area contributed by atoms with Crippen LogP contribution in [0.3, 0.4) is 0 Å². The molecule has 0 aliphatic carbocycles. The number of aliphatic hydroxyl groups is 1. The van der Waals surface area contributed by atoms with E-state index in [0.717, 1.165) is 5.56 Å². The number of benzene rings is 1. The van der Waals surface area contributed by atoms with Gasteiger partial charge in [0.25, 0.3) is 0 Å². The van der Waals surface area contributed by atoms with Crippen molar-refractivity contribution in [3.05, 3.63) is 35.4 Å². The van der Waals surface area contributed by atoms with Gasteiger partial charge in [-0.1, -0.05) is 24.3 Å². The van der Waals surface area contributed by atoms with Gasteiger partial charge in [0.05, 0.1) is 0 Å². The van der Waals surface area contributed by atoms with Gasteiger partial charge in [-0.25, -0.2) is 0 Å². The van der Waals surface area contributed by atoms with Crippen molar-refractivity contribution in [2.75, 3.05) is 6.61 Å². The van der Waals surface area contributed by atoms with Crippen molar-refractivity contribution in [2.24, 2.45) is 0 Å². The summed E-state index contributed by atoms with van der Waals surface area (Å²) in [7, 11) is 0. The summed E-state index contributed by atoms with van der Waals surface area (Å²) in [5, 5.41) is 8.56. The zero-order chi connectivity index (χ0) is 8.27. The second kappa shape index (κ2) is 3.30. The summed E-state index contributed by atoms with van der Waals surface area (Å²) < 4.78 is 0. The number of hydrogen-bond acceptors (Lipinski definition) is 2. The Morgan fingerprint density at radius 1 is 1.45 bits per heavy atom. The molecule has 58 valence electrons. The summed E-state index contributed by atoms with van der Waals surface area (Å²) >= 11 is 0. The van der Waals surface area contributed by atoms with Gasteiger partial charge in [0.15, 0.2) is 5.78 Å². The minimum Gasteiger partial charge on any atom is -0.388 e. The highest BCUT2D eigenvalue weighted by molar-refractivity contribution is 5.98. The molecule has 0 unspecified atom stereocenters. The van der Waals surface area contributed by atoms with Gasteiger partial charge in [0.1, 0.15) is 6.61 Å². The van der Waals surface area contributed by atoms with Crippen LogP contribution in [0.15, 0.2) is 24.3 Å². The molecule has 0 spiro atoms. The molecule has 11 heavy (non-hydrogen) atoms. The molecule has 0 radical (unpaired) electrons. The molecule has 0 bridgehead atoms. The predicted molar refractivity (Wildman–Crippen MR) is 42.6 cm³/mol. The highest BCUT2D eigenvalue weighted by Crippen LogP contribution is 2.06. The van der Waals surface area contributed by atoms with Gasteiger partial charge in [0, 0.05) is 5.56 Å². The number of rotatable bonds is 2. The molecule has 0 atom stereocenters. The molecule has 0 heterocycles. The Morgan fingerprint density at radius 2 is 2.09 bits per heavy atom. The number of ketones is 1. The van der Waals surface area contributed by atoms with E-state index >= 15 is 0 Å². The van der Waals surface area contributed by atoms with E-state index in [4.69, 9.17) is 5.11 Å². The Kier molecular flexibility index (Phi) is 2.39. The molecule has 0 aliphatic rings. The molecule has 2 nitrogen and oxygen atoms in total. The van der Waals surface area contributed by atoms with Crippen LogP contribution in [0.2, 0.25) is 0 Å². The quantitative estimate of drug-likeness (QED) is 0.642. The monoisotopic (exact) mass is 150 g/mol. The van der Waals surface area contributed by atoms with E-state index in [1.807, 2.05) is 19.1 Å². The third kappa shape index (κ3) is 1.65. The SMILES string of the molecule is Cc1ccccc1C(=O)CO. The molecule has 0 saturated heterocycles. The van der Waals surface area contributed by atoms with Crippen molar-refractivity contribution in [1.29, 1.82) is 0 Å². The Labute approximate surface area is 65.5 Å². The first-order chi connectivity index (χ1) is 5.25. The minimum absolute atomic E-state index is 0.219. The van der Waals surface area contributed by atoms with Crippen molar-refractivity contribution in [3.63, 3.8) is 0 Å². The van der Waals surface area contributed by atoms with Crippen LogP contribution in [0.4, 0.5) is 0 Å². The van der Waals surface area contributed by atoms with Gasteiger partial charge in [-0.05, 0) is 12.5 Å². The van der Waals surface area contributed by atoms with E-state index < -0.39 is 6.61 Å². The van der Waals surface area contributed by atoms with Crippen LogP contribution in [0.5, 0.6) is 0 Å². The van der Waals surface area contributed by atoms with Gasteiger partial charge in [0.2, 0.25) is 0 Å². The van der Waals surface area contributed by atoms with Crippen molar-refractivity contribution in [1.82, 2.24) is 0 Å². The van der Waals surface area contributed by atoms with Crippen molar-refractivity contribution < 1.29 is 9.90 Å². The highest BCUT2D eigenvalue weighted by atomic mass is 16.3. The smallest absolute Gasteiger partial charge is 0.188 e. The number of Topliss-reactive ketones (excluding diaryl/α,β-unsaturated/α-hetero) is 1. The molecule has 1 aromatic carbocycles. The van der Waals surface area contributed by atoms with Crippen LogP contribution in [0.25, 0.3) is 0 Å². The fourth-order valence-corrected chi connectivity index (χ4v) is 0.971. The van der Waals surface area contributed by atoms with E-state index in [1.165, 1.54) is 0 Å². The summed E-state index contributed by atoms with van der Waals surface area (Å²) in [4.78, 5) is 11.0. The maximum Gasteiger partial charge on any atom is 0.188 e. The summed E-state index contributed by atoms with van der Waals surface area (Å²) in [5.41, 5.74) is 1.52. The first-order valence-electron chi connectivity index (χ1n) is 3.45. The number of carbonyl (C=O) groups is 1. The fourth-order valence-electron chi connectivity index (χ4n) is 0.971. The fraction of sp³-hybridized carbons (Fsp3) is 0.222. The van der Waals surface area contributed by atoms with E-state index in [2.05, 4.69) is 0 Å². The van der Waals surface area contributed by atoms with Crippen LogP contribution in [0, 0.1) is 6.92 Å². The second-order valence-electron chi connectivity index (χ2n) is 2.40. The third-order valence-corrected chi connectivity index (χ3v) is 1.59. The predicted octanol–water partition coefficient (Wildman–Crippen LogP) is 1.17. The lowest BCUT2D eigenvalue weighted by molar-refractivity contribution is 0.0903. The van der Waals surface area contributed by atoms with Crippen LogP contribution < -0.4 is 0 Å². The van der Waals surface area contributed by atoms with E-state index in [-0.39, 0.29) is 5.78 Å². The molecular weight excluding hydrogens is 140 g/mol. The van der Waals surface area contributed by atoms with Gasteiger partial charge in [-0.2, -0.15) is 0 Å². The zero-order valence-corrected chi connectivity index (χ0v) is 6.37. The zero-order valence-electron chi connectivity index (χ0n) is 6.37. The third-order valence-electron chi connectivity index (χ3n) is 1.59. The summed E-state index contributed by atoms with van der Waals surface area (Å²) in [6.07, 6.45) is 0. The maximum atomic E-state index is 11.0. The largest absolute Gasteiger partial charge is 0.388 e. The number of aryl methyl sites for hydroxylation is 1. The maximum absolute atomic E-state index is 11.0. The second-order valence-corrected chi connectivity index (χ2v) is 2.40. The lowest BCUT2D eigenvalue weighted by Gasteiger charge is -1.99. The Hall–Kier alpha value is -1.15. The van der Waals surface area contributed by atoms with E-state index in [1.54, 1.807) is 12.1 Å². The molecule has 0 saturated carbocycles. The molecule has 0 aromatic heterocycles. The molecule has 1 aromatic rings. The van der Waals surface area contributed by atoms with Crippen molar-refractivity contribution >= 4 is 5.78 Å². The van der Waals surface area contributed by atoms with Crippen LogP contribution in [-0.2, 0) is 0 Å². The molecule has 1 N–H and O–H groups in total. The van der Waals surface area contributed by atoms with E-state index in [0.29, 0.717) is 5.56 Å². The van der Waals surface area contributed by atoms with Crippen molar-refractivity contribution in [2.45, 2.75) is 6.92 Å². The summed E-state index contributed by atoms with van der Waals surface area (Å²) in [6.45, 7) is 1.44. The number of hydrogen-bond donors (Lipinski definition) is 1. The van der Waals surface area contributed by atoms with Gasteiger partial charge in [-0.15, -0.1) is 0 Å². The minimum atomic E-state index is -0.412. The number of carbonyl (C=O) groups excluding carboxylic acids is 1. The average Bonchev–Trinajstić information content (AvgIpc) is 2.04. The van der Waals surface area contributed by atoms with Crippen molar-refractivity contribution in [3.8, 4) is 0 Å². The average molecular weight is 150 g/mol. The first-order valence-corrected chi connectivity index (χ1v) is 3.45. The summed E-state index contributed by atoms with van der Waals surface area (Å²) in [6, 6.07) is 7.22.